The molecule has 1 aliphatic heterocycles. The van der Waals surface area contributed by atoms with E-state index in [2.05, 4.69) is 83.4 Å². The zero-order valence-corrected chi connectivity index (χ0v) is 26.6. The Morgan fingerprint density at radius 2 is 1.73 bits per heavy atom. The summed E-state index contributed by atoms with van der Waals surface area (Å²) in [6.07, 6.45) is 21.8. The first kappa shape index (κ1) is 35.2. The van der Waals surface area contributed by atoms with Gasteiger partial charge in [0, 0.05) is 0 Å². The van der Waals surface area contributed by atoms with E-state index in [-0.39, 0.29) is 47.6 Å². The van der Waals surface area contributed by atoms with Crippen molar-refractivity contribution in [1.29, 1.82) is 0 Å². The molecule has 2 atom stereocenters. The van der Waals surface area contributed by atoms with Crippen LogP contribution in [0.15, 0.2) is 69.0 Å². The minimum atomic E-state index is -0.0292. The molecule has 0 aromatic heterocycles. The summed E-state index contributed by atoms with van der Waals surface area (Å²) in [5.74, 6) is 0. The van der Waals surface area contributed by atoms with Gasteiger partial charge in [0.2, 0.25) is 0 Å². The second-order valence-electron chi connectivity index (χ2n) is 7.41. The number of thioether (sulfide) groups is 1. The summed E-state index contributed by atoms with van der Waals surface area (Å²) < 4.78 is 0. The molecule has 2 unspecified atom stereocenters. The topological polar surface area (TPSA) is 0 Å². The maximum atomic E-state index is 3.45. The quantitative estimate of drug-likeness (QED) is 0.177. The molecule has 0 saturated heterocycles. The molecule has 0 amide bonds. The number of halogens is 2. The van der Waals surface area contributed by atoms with Crippen molar-refractivity contribution in [2.75, 3.05) is 6.26 Å². The normalized spacial score (nSPS) is 21.4. The Balaban J connectivity index is -0.000000411. The van der Waals surface area contributed by atoms with Crippen molar-refractivity contribution in [2.24, 2.45) is 0 Å². The molecule has 6 heteroatoms. The van der Waals surface area contributed by atoms with Crippen molar-refractivity contribution in [3.8, 4) is 0 Å². The van der Waals surface area contributed by atoms with Crippen molar-refractivity contribution in [3.05, 3.63) is 96.0 Å². The molecule has 168 valence electrons. The Bertz CT molecular complexity index is 799. The van der Waals surface area contributed by atoms with Crippen molar-refractivity contribution in [2.45, 2.75) is 45.4 Å². The zero-order valence-electron chi connectivity index (χ0n) is 19.4. The number of fused-ring (bicyclic) bond motifs is 2. The van der Waals surface area contributed by atoms with Crippen LogP contribution in [0.4, 0.5) is 0 Å². The summed E-state index contributed by atoms with van der Waals surface area (Å²) in [4.78, 5) is 1.33. The molecular weight excluding hydrogens is 542 g/mol. The van der Waals surface area contributed by atoms with E-state index in [0.29, 0.717) is 5.16 Å². The van der Waals surface area contributed by atoms with Gasteiger partial charge in [0.25, 0.3) is 0 Å². The fraction of sp³-hybridized carbons (Fsp3) is 0.333. The molecule has 3 aliphatic carbocycles. The maximum absolute atomic E-state index is 3.45. The van der Waals surface area contributed by atoms with Crippen molar-refractivity contribution in [1.82, 2.24) is 0 Å². The Labute approximate surface area is 220 Å². The predicted molar refractivity (Wildman–Crippen MR) is 146 cm³/mol. The molecule has 4 aliphatic rings. The second-order valence-corrected chi connectivity index (χ2v) is 11.6. The van der Waals surface area contributed by atoms with Crippen LogP contribution in [0.2, 0.25) is 0 Å². The Kier molecular flexibility index (Phi) is 18.2. The number of hydrogen-bond acceptors (Lipinski definition) is 1. The molecule has 0 spiro atoms. The van der Waals surface area contributed by atoms with Gasteiger partial charge in [-0.25, -0.2) is 0 Å². The minimum absolute atomic E-state index is 0. The van der Waals surface area contributed by atoms with E-state index < -0.39 is 0 Å². The molecule has 30 heavy (non-hydrogen) atoms. The van der Waals surface area contributed by atoms with Crippen LogP contribution >= 0.6 is 44.5 Å². The Morgan fingerprint density at radius 3 is 2.27 bits per heavy atom. The second kappa shape index (κ2) is 15.5. The summed E-state index contributed by atoms with van der Waals surface area (Å²) >= 11 is 3.36. The van der Waals surface area contributed by atoms with Crippen LogP contribution in [-0.4, -0.2) is 24.0 Å². The average Bonchev–Trinajstić information content (AvgIpc) is 3.28. The van der Waals surface area contributed by atoms with Crippen molar-refractivity contribution >= 4 is 51.4 Å². The van der Waals surface area contributed by atoms with E-state index in [4.69, 9.17) is 0 Å². The summed E-state index contributed by atoms with van der Waals surface area (Å²) in [5.41, 5.74) is 6.00. The molecule has 1 heterocycles. The van der Waals surface area contributed by atoms with E-state index in [1.165, 1.54) is 27.2 Å². The van der Waals surface area contributed by atoms with Crippen molar-refractivity contribution < 1.29 is 23.3 Å². The van der Waals surface area contributed by atoms with Gasteiger partial charge < -0.3 is 14.9 Å². The molecule has 0 radical (unpaired) electrons. The zero-order chi connectivity index (χ0) is 19.5. The number of allylic oxidation sites excluding steroid dienone is 13. The van der Waals surface area contributed by atoms with Crippen LogP contribution in [0.25, 0.3) is 0 Å². The predicted octanol–water partition coefficient (Wildman–Crippen LogP) is 7.54. The van der Waals surface area contributed by atoms with Gasteiger partial charge in [-0.3, -0.25) is 0 Å². The molecule has 0 aromatic rings. The van der Waals surface area contributed by atoms with Crippen LogP contribution < -0.4 is 0 Å². The van der Waals surface area contributed by atoms with Crippen molar-refractivity contribution in [3.63, 3.8) is 0 Å². The number of hydrogen-bond donors (Lipinski definition) is 0. The van der Waals surface area contributed by atoms with Gasteiger partial charge in [0.05, 0.1) is 0 Å². The monoisotopic (exact) mass is 574 g/mol. The summed E-state index contributed by atoms with van der Waals surface area (Å²) in [7, 11) is -0.0292. The average molecular weight is 577 g/mol. The van der Waals surface area contributed by atoms with Gasteiger partial charge >= 0.3 is 30.2 Å². The van der Waals surface area contributed by atoms with Gasteiger partial charge in [-0.2, -0.15) is 41.6 Å². The Morgan fingerprint density at radius 1 is 1.13 bits per heavy atom. The number of rotatable bonds is 1. The standard InChI is InChI=1S/C13H18P.C9H7S.2CH3.2ClH.H2Si.Zr/c1-9-6-11-8-10(2)14(12(11)7-9)13(3,4)5;1-10-9-6-5-7-3-2-4-8(7)9;;;;;;/h7-8,10H,1-5H3;2-3,5-6H,1H3;2*1H3;2*1H;1H2;/q4*-1;;;;. The van der Waals surface area contributed by atoms with Crippen LogP contribution in [-0.2, 0) is 23.3 Å². The molecule has 0 fully saturated rings. The fourth-order valence-electron chi connectivity index (χ4n) is 3.58. The van der Waals surface area contributed by atoms with Gasteiger partial charge in [-0.1, -0.05) is 45.6 Å². The SMILES string of the molecule is CC1=[C-]C2=CC(C)P(C(C)(C)C)C2=C1.CSC1=C2[C-]=CC=C2C=C1.Cl.Cl.[CH3-].[CH3-].[SiH2]=[Zr]. The third-order valence-corrected chi connectivity index (χ3v) is 8.50. The van der Waals surface area contributed by atoms with Crippen LogP contribution in [0.5, 0.6) is 0 Å². The third-order valence-electron chi connectivity index (χ3n) is 4.42. The summed E-state index contributed by atoms with van der Waals surface area (Å²) in [5, 5.41) is 2.00. The van der Waals surface area contributed by atoms with Crippen LogP contribution in [0, 0.1) is 27.0 Å². The van der Waals surface area contributed by atoms with Crippen LogP contribution in [0.1, 0.15) is 34.6 Å². The van der Waals surface area contributed by atoms with Gasteiger partial charge in [0.15, 0.2) is 0 Å². The first-order valence-corrected chi connectivity index (χ1v) is 17.3. The molecule has 0 nitrogen and oxygen atoms in total. The van der Waals surface area contributed by atoms with E-state index in [9.17, 15) is 0 Å². The van der Waals surface area contributed by atoms with E-state index in [1.807, 2.05) is 13.0 Å². The van der Waals surface area contributed by atoms with Crippen LogP contribution in [0.3, 0.4) is 0 Å². The third kappa shape index (κ3) is 8.20. The van der Waals surface area contributed by atoms with E-state index in [1.54, 1.807) is 40.4 Å². The van der Waals surface area contributed by atoms with Gasteiger partial charge in [0.1, 0.15) is 0 Å². The first-order valence-electron chi connectivity index (χ1n) is 8.77. The van der Waals surface area contributed by atoms with Gasteiger partial charge in [-0.05, 0) is 17.1 Å². The summed E-state index contributed by atoms with van der Waals surface area (Å²) in [6.45, 7) is 13.5. The molecule has 0 N–H and O–H groups in total. The molecule has 0 aromatic carbocycles. The Hall–Kier alpha value is 0.640. The fourth-order valence-corrected chi connectivity index (χ4v) is 7.57. The van der Waals surface area contributed by atoms with E-state index in [0.717, 1.165) is 5.66 Å². The molecule has 4 rings (SSSR count). The molecule has 0 saturated carbocycles. The summed E-state index contributed by atoms with van der Waals surface area (Å²) in [6, 6.07) is 0. The first-order chi connectivity index (χ1) is 12.3. The van der Waals surface area contributed by atoms with E-state index >= 15 is 0 Å². The molecule has 0 bridgehead atoms. The van der Waals surface area contributed by atoms with Gasteiger partial charge in [-0.15, -0.1) is 73.0 Å². The molecular formula is C24H35Cl2PSSiZr-4.